The Kier molecular flexibility index (Phi) is 4.37. The molecule has 7 heteroatoms. The van der Waals surface area contributed by atoms with Crippen molar-refractivity contribution in [2.45, 2.75) is 13.3 Å². The molecular weight excluding hydrogens is 380 g/mol. The van der Waals surface area contributed by atoms with E-state index in [1.54, 1.807) is 11.3 Å². The predicted octanol–water partition coefficient (Wildman–Crippen LogP) is 5.15. The Morgan fingerprint density at radius 3 is 3.00 bits per heavy atom. The van der Waals surface area contributed by atoms with E-state index in [9.17, 15) is 0 Å². The van der Waals surface area contributed by atoms with Gasteiger partial charge in [0.15, 0.2) is 5.13 Å². The molecule has 0 aliphatic heterocycles. The molecule has 5 rings (SSSR count). The Balaban J connectivity index is 1.26. The van der Waals surface area contributed by atoms with Gasteiger partial charge in [0.05, 0.1) is 16.9 Å². The van der Waals surface area contributed by atoms with E-state index in [2.05, 4.69) is 49.7 Å². The first kappa shape index (κ1) is 17.6. The number of aryl methyl sites for hydroxylation is 1. The van der Waals surface area contributed by atoms with Crippen LogP contribution < -0.4 is 5.32 Å². The van der Waals surface area contributed by atoms with Crippen LogP contribution in [0.15, 0.2) is 54.9 Å². The Hall–Kier alpha value is -3.45. The van der Waals surface area contributed by atoms with E-state index in [4.69, 9.17) is 5.41 Å². The zero-order valence-corrected chi connectivity index (χ0v) is 16.7. The summed E-state index contributed by atoms with van der Waals surface area (Å²) in [5, 5.41) is 22.1. The summed E-state index contributed by atoms with van der Waals surface area (Å²) in [6.07, 6.45) is 4.49. The average Bonchev–Trinajstić information content (AvgIpc) is 3.46. The van der Waals surface area contributed by atoms with E-state index in [0.29, 0.717) is 18.7 Å². The number of hydrogen-bond acceptors (Lipinski definition) is 5. The van der Waals surface area contributed by atoms with E-state index in [0.717, 1.165) is 43.2 Å². The van der Waals surface area contributed by atoms with E-state index < -0.39 is 0 Å². The molecule has 2 aromatic carbocycles. The molecule has 0 unspecified atom stereocenters. The summed E-state index contributed by atoms with van der Waals surface area (Å²) in [5.74, 6) is 0. The van der Waals surface area contributed by atoms with Crippen LogP contribution in [0.5, 0.6) is 0 Å². The smallest absolute Gasteiger partial charge is 0.183 e. The van der Waals surface area contributed by atoms with Crippen LogP contribution in [0.4, 0.5) is 5.13 Å². The van der Waals surface area contributed by atoms with Gasteiger partial charge in [0, 0.05) is 46.5 Å². The molecule has 0 fully saturated rings. The lowest BCUT2D eigenvalue weighted by Gasteiger charge is -2.04. The van der Waals surface area contributed by atoms with Crippen LogP contribution in [0.3, 0.4) is 0 Å². The van der Waals surface area contributed by atoms with Gasteiger partial charge < -0.3 is 15.7 Å². The number of H-pyrrole nitrogens is 2. The van der Waals surface area contributed by atoms with Crippen LogP contribution in [0.1, 0.15) is 11.3 Å². The SMILES string of the molecule is Cc1[nH]nc2ccc(-c3cnc(NCC(=N)Cc4c[nH]c5ccccc45)s3)cc12. The van der Waals surface area contributed by atoms with E-state index >= 15 is 0 Å². The van der Waals surface area contributed by atoms with Crippen LogP contribution in [0, 0.1) is 12.3 Å². The van der Waals surface area contributed by atoms with Gasteiger partial charge in [-0.1, -0.05) is 35.6 Å². The highest BCUT2D eigenvalue weighted by atomic mass is 32.1. The molecule has 5 aromatic rings. The molecule has 0 spiro atoms. The third kappa shape index (κ3) is 3.40. The van der Waals surface area contributed by atoms with Gasteiger partial charge in [-0.2, -0.15) is 5.10 Å². The zero-order valence-electron chi connectivity index (χ0n) is 15.9. The van der Waals surface area contributed by atoms with Gasteiger partial charge in [-0.3, -0.25) is 5.10 Å². The minimum Gasteiger partial charge on any atom is -0.361 e. The maximum atomic E-state index is 8.35. The molecule has 0 saturated heterocycles. The van der Waals surface area contributed by atoms with Gasteiger partial charge in [-0.15, -0.1) is 0 Å². The Labute approximate surface area is 171 Å². The predicted molar refractivity (Wildman–Crippen MR) is 120 cm³/mol. The first-order valence-corrected chi connectivity index (χ1v) is 10.2. The largest absolute Gasteiger partial charge is 0.361 e. The number of para-hydroxylation sites is 1. The van der Waals surface area contributed by atoms with Gasteiger partial charge in [-0.05, 0) is 36.2 Å². The fraction of sp³-hybridized carbons (Fsp3) is 0.136. The molecule has 0 aliphatic carbocycles. The minimum absolute atomic E-state index is 0.479. The van der Waals surface area contributed by atoms with Crippen molar-refractivity contribution < 1.29 is 0 Å². The van der Waals surface area contributed by atoms with Crippen molar-refractivity contribution in [3.8, 4) is 10.4 Å². The summed E-state index contributed by atoms with van der Waals surface area (Å²) >= 11 is 1.60. The van der Waals surface area contributed by atoms with Gasteiger partial charge in [0.25, 0.3) is 0 Å². The van der Waals surface area contributed by atoms with E-state index in [-0.39, 0.29) is 0 Å². The second kappa shape index (κ2) is 7.18. The molecule has 0 atom stereocenters. The number of fused-ring (bicyclic) bond motifs is 2. The third-order valence-corrected chi connectivity index (χ3v) is 6.07. The van der Waals surface area contributed by atoms with Crippen LogP contribution in [-0.4, -0.2) is 32.4 Å². The highest BCUT2D eigenvalue weighted by Gasteiger charge is 2.10. The topological polar surface area (TPSA) is 93.2 Å². The molecule has 0 saturated carbocycles. The van der Waals surface area contributed by atoms with Gasteiger partial charge in [0.1, 0.15) is 0 Å². The fourth-order valence-electron chi connectivity index (χ4n) is 3.53. The third-order valence-electron chi connectivity index (χ3n) is 5.07. The Morgan fingerprint density at radius 1 is 1.17 bits per heavy atom. The molecule has 0 radical (unpaired) electrons. The quantitative estimate of drug-likeness (QED) is 0.297. The monoisotopic (exact) mass is 400 g/mol. The number of benzene rings is 2. The minimum atomic E-state index is 0.479. The fourth-order valence-corrected chi connectivity index (χ4v) is 4.34. The van der Waals surface area contributed by atoms with Crippen molar-refractivity contribution in [3.05, 3.63) is 66.1 Å². The summed E-state index contributed by atoms with van der Waals surface area (Å²) in [6, 6.07) is 14.4. The standard InChI is InChI=1S/C22H20N6S/c1-13-18-9-14(6-7-20(18)28-27-13)21-12-26-22(29-21)25-11-16(23)8-15-10-24-19-5-3-2-4-17(15)19/h2-7,9-10,12,23-24H,8,11H2,1H3,(H,25,26)(H,27,28). The maximum absolute atomic E-state index is 8.35. The molecule has 0 amide bonds. The Bertz CT molecular complexity index is 1330. The first-order chi connectivity index (χ1) is 14.2. The number of thiazole rings is 1. The Morgan fingerprint density at radius 2 is 2.07 bits per heavy atom. The lowest BCUT2D eigenvalue weighted by molar-refractivity contribution is 1.07. The number of hydrogen-bond donors (Lipinski definition) is 4. The normalized spacial score (nSPS) is 11.3. The summed E-state index contributed by atoms with van der Waals surface area (Å²) in [6.45, 7) is 2.50. The van der Waals surface area contributed by atoms with Gasteiger partial charge in [0.2, 0.25) is 0 Å². The van der Waals surface area contributed by atoms with Gasteiger partial charge >= 0.3 is 0 Å². The second-order valence-corrected chi connectivity index (χ2v) is 8.13. The number of anilines is 1. The number of nitrogens with zero attached hydrogens (tertiary/aromatic N) is 2. The molecule has 29 heavy (non-hydrogen) atoms. The average molecular weight is 401 g/mol. The highest BCUT2D eigenvalue weighted by molar-refractivity contribution is 7.18. The maximum Gasteiger partial charge on any atom is 0.183 e. The van der Waals surface area contributed by atoms with E-state index in [1.165, 1.54) is 5.39 Å². The summed E-state index contributed by atoms with van der Waals surface area (Å²) in [4.78, 5) is 8.85. The van der Waals surface area contributed by atoms with E-state index in [1.807, 2.05) is 37.5 Å². The van der Waals surface area contributed by atoms with Crippen molar-refractivity contribution in [1.29, 1.82) is 5.41 Å². The molecule has 3 aromatic heterocycles. The molecule has 4 N–H and O–H groups in total. The summed E-state index contributed by atoms with van der Waals surface area (Å²) in [7, 11) is 0. The molecule has 144 valence electrons. The van der Waals surface area contributed by atoms with Crippen LogP contribution in [0.2, 0.25) is 0 Å². The van der Waals surface area contributed by atoms with Crippen molar-refractivity contribution in [1.82, 2.24) is 20.2 Å². The van der Waals surface area contributed by atoms with Crippen molar-refractivity contribution in [3.63, 3.8) is 0 Å². The number of nitrogens with one attached hydrogen (secondary N) is 4. The van der Waals surface area contributed by atoms with Crippen LogP contribution >= 0.6 is 11.3 Å². The van der Waals surface area contributed by atoms with Crippen LogP contribution in [0.25, 0.3) is 32.2 Å². The zero-order chi connectivity index (χ0) is 19.8. The summed E-state index contributed by atoms with van der Waals surface area (Å²) in [5.41, 5.74) is 6.05. The molecule has 0 bridgehead atoms. The van der Waals surface area contributed by atoms with Crippen molar-refractivity contribution >= 4 is 44.0 Å². The number of rotatable bonds is 6. The molecule has 3 heterocycles. The van der Waals surface area contributed by atoms with Crippen LogP contribution in [-0.2, 0) is 6.42 Å². The summed E-state index contributed by atoms with van der Waals surface area (Å²) < 4.78 is 0. The molecule has 6 nitrogen and oxygen atoms in total. The first-order valence-electron chi connectivity index (χ1n) is 9.43. The van der Waals surface area contributed by atoms with Crippen molar-refractivity contribution in [2.75, 3.05) is 11.9 Å². The van der Waals surface area contributed by atoms with Crippen molar-refractivity contribution in [2.24, 2.45) is 0 Å². The number of aromatic nitrogens is 4. The highest BCUT2D eigenvalue weighted by Crippen LogP contribution is 2.31. The molecular formula is C22H20N6S. The lowest BCUT2D eigenvalue weighted by atomic mass is 10.1. The second-order valence-electron chi connectivity index (χ2n) is 7.10. The van der Waals surface area contributed by atoms with Gasteiger partial charge in [-0.25, -0.2) is 4.98 Å². The number of aromatic amines is 2. The molecule has 0 aliphatic rings. The lowest BCUT2D eigenvalue weighted by Crippen LogP contribution is -2.14.